The second kappa shape index (κ2) is 10.3. The molecular weight excluding hydrogens is 502 g/mol. The number of nitrogen functional groups attached to an aromatic ring is 1. The van der Waals surface area contributed by atoms with Crippen molar-refractivity contribution in [3.63, 3.8) is 0 Å². The van der Waals surface area contributed by atoms with E-state index in [1.54, 1.807) is 13.1 Å². The van der Waals surface area contributed by atoms with Crippen LogP contribution in [0.15, 0.2) is 47.2 Å². The van der Waals surface area contributed by atoms with Gasteiger partial charge in [0.25, 0.3) is 5.89 Å². The zero-order valence-electron chi connectivity index (χ0n) is 23.7. The maximum absolute atomic E-state index is 6.51. The Morgan fingerprint density at radius 1 is 1.07 bits per heavy atom. The molecule has 5 aromatic rings. The first-order valence-electron chi connectivity index (χ1n) is 13.6. The van der Waals surface area contributed by atoms with Gasteiger partial charge in [-0.2, -0.15) is 4.98 Å². The van der Waals surface area contributed by atoms with Crippen LogP contribution in [0.5, 0.6) is 0 Å². The molecule has 0 saturated heterocycles. The number of hydrogen-bond acceptors (Lipinski definition) is 9. The Labute approximate surface area is 233 Å². The fraction of sp³-hybridized carbons (Fsp3) is 0.333. The summed E-state index contributed by atoms with van der Waals surface area (Å²) >= 11 is 0. The Bertz CT molecular complexity index is 1700. The van der Waals surface area contributed by atoms with E-state index in [1.807, 2.05) is 6.07 Å². The highest BCUT2D eigenvalue weighted by Gasteiger charge is 2.23. The van der Waals surface area contributed by atoms with Crippen LogP contribution in [0.1, 0.15) is 23.4 Å². The monoisotopic (exact) mass is 537 g/mol. The third-order valence-electron chi connectivity index (χ3n) is 7.54. The van der Waals surface area contributed by atoms with Crippen molar-refractivity contribution in [1.29, 1.82) is 0 Å². The van der Waals surface area contributed by atoms with Gasteiger partial charge in [0.2, 0.25) is 5.95 Å². The molecule has 0 spiro atoms. The van der Waals surface area contributed by atoms with Gasteiger partial charge >= 0.3 is 0 Å². The molecule has 1 aliphatic rings. The zero-order chi connectivity index (χ0) is 28.0. The molecule has 10 heteroatoms. The molecule has 10 nitrogen and oxygen atoms in total. The first-order valence-corrected chi connectivity index (χ1v) is 13.6. The Balaban J connectivity index is 1.41. The van der Waals surface area contributed by atoms with Crippen molar-refractivity contribution in [3.05, 3.63) is 59.7 Å². The SMILES string of the molecule is Cc1noc(-c2cnc(Nc3cc(N)c(N(C)CCN(C)C)cc3C)nc2-c2cn3c4c(cccc24)CCC3)n1. The summed E-state index contributed by atoms with van der Waals surface area (Å²) < 4.78 is 7.90. The summed E-state index contributed by atoms with van der Waals surface area (Å²) in [5, 5.41) is 8.58. The van der Waals surface area contributed by atoms with Crippen LogP contribution in [0.4, 0.5) is 23.0 Å². The normalized spacial score (nSPS) is 12.8. The molecular formula is C30H35N9O. The molecule has 206 valence electrons. The lowest BCUT2D eigenvalue weighted by Crippen LogP contribution is -2.29. The van der Waals surface area contributed by atoms with Gasteiger partial charge in [0.15, 0.2) is 5.82 Å². The number of aromatic nitrogens is 5. The van der Waals surface area contributed by atoms with Crippen molar-refractivity contribution in [2.45, 2.75) is 33.2 Å². The van der Waals surface area contributed by atoms with Crippen molar-refractivity contribution in [2.24, 2.45) is 0 Å². The lowest BCUT2D eigenvalue weighted by atomic mass is 10.0. The Hall–Kier alpha value is -4.44. The molecule has 0 bridgehead atoms. The van der Waals surface area contributed by atoms with Gasteiger partial charge in [0.05, 0.1) is 28.1 Å². The van der Waals surface area contributed by atoms with Crippen LogP contribution in [-0.4, -0.2) is 63.8 Å². The molecule has 40 heavy (non-hydrogen) atoms. The van der Waals surface area contributed by atoms with Crippen molar-refractivity contribution in [1.82, 2.24) is 29.6 Å². The average Bonchev–Trinajstić information content (AvgIpc) is 3.54. The van der Waals surface area contributed by atoms with E-state index < -0.39 is 0 Å². The van der Waals surface area contributed by atoms with Crippen LogP contribution in [-0.2, 0) is 13.0 Å². The standard InChI is InChI=1S/C30H35N9O/c1-18-14-26(38(5)13-12-37(3)4)24(31)15-25(18)34-30-32-16-22(29-33-19(2)36-40-29)27(35-30)23-17-39-11-7-9-20-8-6-10-21(23)28(20)39/h6,8,10,14-17H,7,9,11-13,31H2,1-5H3,(H,32,34,35). The first-order chi connectivity index (χ1) is 19.3. The second-order valence-electron chi connectivity index (χ2n) is 10.8. The summed E-state index contributed by atoms with van der Waals surface area (Å²) in [5.41, 5.74) is 15.2. The lowest BCUT2D eigenvalue weighted by molar-refractivity contribution is 0.416. The molecule has 0 aliphatic carbocycles. The molecule has 4 heterocycles. The van der Waals surface area contributed by atoms with Gasteiger partial charge in [-0.05, 0) is 64.0 Å². The van der Waals surface area contributed by atoms with Gasteiger partial charge in [-0.3, -0.25) is 0 Å². The van der Waals surface area contributed by atoms with Crippen LogP contribution in [0.3, 0.4) is 0 Å². The molecule has 0 fully saturated rings. The molecule has 0 unspecified atom stereocenters. The third-order valence-corrected chi connectivity index (χ3v) is 7.54. The number of benzene rings is 2. The molecule has 3 aromatic heterocycles. The third kappa shape index (κ3) is 4.75. The van der Waals surface area contributed by atoms with E-state index in [0.717, 1.165) is 66.1 Å². The van der Waals surface area contributed by atoms with E-state index in [4.69, 9.17) is 15.2 Å². The molecule has 6 rings (SSSR count). The van der Waals surface area contributed by atoms with E-state index in [2.05, 4.69) is 93.3 Å². The van der Waals surface area contributed by atoms with Crippen LogP contribution in [0.25, 0.3) is 33.6 Å². The maximum atomic E-state index is 6.51. The van der Waals surface area contributed by atoms with Crippen LogP contribution in [0, 0.1) is 13.8 Å². The number of nitrogens with two attached hydrogens (primary N) is 1. The minimum atomic E-state index is 0.400. The minimum absolute atomic E-state index is 0.400. The number of nitrogens with one attached hydrogen (secondary N) is 1. The minimum Gasteiger partial charge on any atom is -0.397 e. The largest absolute Gasteiger partial charge is 0.397 e. The predicted molar refractivity (Wildman–Crippen MR) is 160 cm³/mol. The molecule has 0 saturated carbocycles. The van der Waals surface area contributed by atoms with Gasteiger partial charge in [0.1, 0.15) is 0 Å². The Morgan fingerprint density at radius 3 is 2.70 bits per heavy atom. The fourth-order valence-corrected chi connectivity index (χ4v) is 5.42. The van der Waals surface area contributed by atoms with Gasteiger partial charge in [-0.25, -0.2) is 9.97 Å². The van der Waals surface area contributed by atoms with Gasteiger partial charge < -0.3 is 29.9 Å². The van der Waals surface area contributed by atoms with Crippen LogP contribution in [0.2, 0.25) is 0 Å². The molecule has 0 radical (unpaired) electrons. The van der Waals surface area contributed by atoms with Crippen LogP contribution >= 0.6 is 0 Å². The average molecular weight is 538 g/mol. The zero-order valence-corrected chi connectivity index (χ0v) is 23.7. The highest BCUT2D eigenvalue weighted by molar-refractivity contribution is 6.00. The number of aryl methyl sites for hydroxylation is 4. The molecule has 0 atom stereocenters. The quantitative estimate of drug-likeness (QED) is 0.263. The van der Waals surface area contributed by atoms with E-state index in [0.29, 0.717) is 28.9 Å². The summed E-state index contributed by atoms with van der Waals surface area (Å²) in [6.45, 7) is 6.66. The Kier molecular flexibility index (Phi) is 6.63. The Morgan fingerprint density at radius 2 is 1.93 bits per heavy atom. The summed E-state index contributed by atoms with van der Waals surface area (Å²) in [6.07, 6.45) is 6.14. The summed E-state index contributed by atoms with van der Waals surface area (Å²) in [4.78, 5) is 18.5. The van der Waals surface area contributed by atoms with Crippen molar-refractivity contribution >= 4 is 33.9 Å². The van der Waals surface area contributed by atoms with Gasteiger partial charge in [-0.15, -0.1) is 0 Å². The maximum Gasteiger partial charge on any atom is 0.261 e. The molecule has 2 aromatic carbocycles. The number of likely N-dealkylation sites (N-methyl/N-ethyl adjacent to an activating group) is 2. The van der Waals surface area contributed by atoms with Gasteiger partial charge in [0, 0.05) is 55.7 Å². The molecule has 3 N–H and O–H groups in total. The molecule has 0 amide bonds. The predicted octanol–water partition coefficient (Wildman–Crippen LogP) is 5.03. The smallest absolute Gasteiger partial charge is 0.261 e. The van der Waals surface area contributed by atoms with Crippen LogP contribution < -0.4 is 16.0 Å². The van der Waals surface area contributed by atoms with E-state index >= 15 is 0 Å². The highest BCUT2D eigenvalue weighted by Crippen LogP contribution is 2.39. The number of nitrogens with zero attached hydrogens (tertiary/aromatic N) is 7. The highest BCUT2D eigenvalue weighted by atomic mass is 16.5. The lowest BCUT2D eigenvalue weighted by Gasteiger charge is -2.24. The number of anilines is 4. The first kappa shape index (κ1) is 25.8. The second-order valence-corrected chi connectivity index (χ2v) is 10.8. The van der Waals surface area contributed by atoms with E-state index in [-0.39, 0.29) is 0 Å². The van der Waals surface area contributed by atoms with E-state index in [1.165, 1.54) is 11.1 Å². The fourth-order valence-electron chi connectivity index (χ4n) is 5.42. The van der Waals surface area contributed by atoms with E-state index in [9.17, 15) is 0 Å². The number of hydrogen-bond donors (Lipinski definition) is 2. The molecule has 1 aliphatic heterocycles. The summed E-state index contributed by atoms with van der Waals surface area (Å²) in [7, 11) is 6.20. The number of para-hydroxylation sites is 1. The number of rotatable bonds is 8. The van der Waals surface area contributed by atoms with Crippen molar-refractivity contribution < 1.29 is 4.52 Å². The van der Waals surface area contributed by atoms with Crippen molar-refractivity contribution in [3.8, 4) is 22.7 Å². The van der Waals surface area contributed by atoms with Gasteiger partial charge in [-0.1, -0.05) is 23.4 Å². The van der Waals surface area contributed by atoms with Crippen molar-refractivity contribution in [2.75, 3.05) is 50.2 Å². The summed E-state index contributed by atoms with van der Waals surface area (Å²) in [6, 6.07) is 10.6. The summed E-state index contributed by atoms with van der Waals surface area (Å²) in [5.74, 6) is 1.43. The topological polar surface area (TPSA) is 114 Å².